The first kappa shape index (κ1) is 14.7. The van der Waals surface area contributed by atoms with Crippen LogP contribution in [0.3, 0.4) is 0 Å². The third-order valence-electron chi connectivity index (χ3n) is 2.65. The molecule has 1 amide bonds. The summed E-state index contributed by atoms with van der Waals surface area (Å²) in [6.07, 6.45) is 1.83. The molecule has 1 saturated heterocycles. The first-order chi connectivity index (χ1) is 10.1. The number of nitrogens with zero attached hydrogens (tertiary/aromatic N) is 1. The Morgan fingerprint density at radius 1 is 1.24 bits per heavy atom. The second-order valence-electron chi connectivity index (χ2n) is 4.11. The van der Waals surface area contributed by atoms with Crippen molar-refractivity contribution in [3.63, 3.8) is 0 Å². The first-order valence-electron chi connectivity index (χ1n) is 5.89. The molecule has 7 heteroatoms. The Kier molecular flexibility index (Phi) is 4.35. The van der Waals surface area contributed by atoms with Crippen LogP contribution in [0.5, 0.6) is 0 Å². The Balaban J connectivity index is 1.87. The quantitative estimate of drug-likeness (QED) is 0.775. The van der Waals surface area contributed by atoms with E-state index >= 15 is 0 Å². The average molecular weight is 355 g/mol. The fourth-order valence-electron chi connectivity index (χ4n) is 1.68. The van der Waals surface area contributed by atoms with E-state index in [0.29, 0.717) is 25.8 Å². The molecule has 0 spiro atoms. The summed E-state index contributed by atoms with van der Waals surface area (Å²) < 4.78 is 0. The zero-order chi connectivity index (χ0) is 14.8. The van der Waals surface area contributed by atoms with Gasteiger partial charge < -0.3 is 5.32 Å². The lowest BCUT2D eigenvalue weighted by Gasteiger charge is -2.00. The summed E-state index contributed by atoms with van der Waals surface area (Å²) in [7, 11) is 0. The fourth-order valence-corrected chi connectivity index (χ4v) is 3.47. The Hall–Kier alpha value is -1.27. The van der Waals surface area contributed by atoms with Crippen molar-refractivity contribution in [2.45, 2.75) is 0 Å². The minimum atomic E-state index is -0.164. The van der Waals surface area contributed by atoms with Gasteiger partial charge in [-0.3, -0.25) is 4.79 Å². The number of carbonyl (C=O) groups excluding carboxylic acids is 1. The third-order valence-corrected chi connectivity index (χ3v) is 5.07. The van der Waals surface area contributed by atoms with Gasteiger partial charge in [0.05, 0.1) is 20.6 Å². The van der Waals surface area contributed by atoms with Crippen molar-refractivity contribution in [2.75, 3.05) is 0 Å². The summed E-state index contributed by atoms with van der Waals surface area (Å²) in [5, 5.41) is 7.95. The van der Waals surface area contributed by atoms with Crippen molar-refractivity contribution in [1.82, 2.24) is 5.32 Å². The SMILES string of the molecule is O=C1NC(=Nc2cccc(Cl)c2Cl)S/C1=C/c1ccsc1. The van der Waals surface area contributed by atoms with E-state index in [1.165, 1.54) is 11.8 Å². The number of benzene rings is 1. The molecule has 0 aliphatic carbocycles. The monoisotopic (exact) mass is 354 g/mol. The van der Waals surface area contributed by atoms with Crippen LogP contribution >= 0.6 is 46.3 Å². The van der Waals surface area contributed by atoms with Crippen LogP contribution in [0.4, 0.5) is 5.69 Å². The molecule has 0 atom stereocenters. The lowest BCUT2D eigenvalue weighted by atomic mass is 10.3. The van der Waals surface area contributed by atoms with E-state index in [4.69, 9.17) is 23.2 Å². The molecule has 3 nitrogen and oxygen atoms in total. The van der Waals surface area contributed by atoms with Crippen LogP contribution in [-0.2, 0) is 4.79 Å². The number of hydrogen-bond donors (Lipinski definition) is 1. The van der Waals surface area contributed by atoms with Crippen molar-refractivity contribution in [3.05, 3.63) is 55.5 Å². The summed E-state index contributed by atoms with van der Waals surface area (Å²) in [5.41, 5.74) is 1.53. The van der Waals surface area contributed by atoms with Crippen LogP contribution in [0.1, 0.15) is 5.56 Å². The molecule has 0 unspecified atom stereocenters. The second-order valence-corrected chi connectivity index (χ2v) is 6.71. The molecular formula is C14H8Cl2N2OS2. The lowest BCUT2D eigenvalue weighted by Crippen LogP contribution is -2.19. The van der Waals surface area contributed by atoms with Gasteiger partial charge in [-0.05, 0) is 52.4 Å². The van der Waals surface area contributed by atoms with E-state index in [0.717, 1.165) is 5.56 Å². The third kappa shape index (κ3) is 3.32. The first-order valence-corrected chi connectivity index (χ1v) is 8.41. The number of halogens is 2. The molecule has 106 valence electrons. The Morgan fingerprint density at radius 2 is 2.10 bits per heavy atom. The number of thioether (sulfide) groups is 1. The summed E-state index contributed by atoms with van der Waals surface area (Å²) in [5.74, 6) is -0.164. The van der Waals surface area contributed by atoms with E-state index in [-0.39, 0.29) is 5.91 Å². The molecule has 0 saturated carbocycles. The van der Waals surface area contributed by atoms with E-state index < -0.39 is 0 Å². The highest BCUT2D eigenvalue weighted by Gasteiger charge is 2.24. The zero-order valence-electron chi connectivity index (χ0n) is 10.5. The highest BCUT2D eigenvalue weighted by molar-refractivity contribution is 8.18. The highest BCUT2D eigenvalue weighted by Crippen LogP contribution is 2.34. The summed E-state index contributed by atoms with van der Waals surface area (Å²) in [6, 6.07) is 7.15. The van der Waals surface area contributed by atoms with Crippen LogP contribution < -0.4 is 5.32 Å². The van der Waals surface area contributed by atoms with Crippen LogP contribution in [0, 0.1) is 0 Å². The van der Waals surface area contributed by atoms with Gasteiger partial charge in [-0.2, -0.15) is 11.3 Å². The van der Waals surface area contributed by atoms with Crippen molar-refractivity contribution >= 4 is 69.1 Å². The second kappa shape index (κ2) is 6.23. The van der Waals surface area contributed by atoms with Gasteiger partial charge in [0, 0.05) is 0 Å². The van der Waals surface area contributed by atoms with Crippen LogP contribution in [0.15, 0.2) is 44.9 Å². The highest BCUT2D eigenvalue weighted by atomic mass is 35.5. The number of amidine groups is 1. The number of amides is 1. The molecule has 1 fully saturated rings. The van der Waals surface area contributed by atoms with Crippen molar-refractivity contribution in [1.29, 1.82) is 0 Å². The molecule has 21 heavy (non-hydrogen) atoms. The Bertz CT molecular complexity index is 754. The summed E-state index contributed by atoms with van der Waals surface area (Å²) in [6.45, 7) is 0. The largest absolute Gasteiger partial charge is 0.300 e. The van der Waals surface area contributed by atoms with Crippen molar-refractivity contribution in [2.24, 2.45) is 4.99 Å². The fraction of sp³-hybridized carbons (Fsp3) is 0. The normalized spacial score (nSPS) is 18.5. The van der Waals surface area contributed by atoms with Gasteiger partial charge in [0.25, 0.3) is 5.91 Å². The van der Waals surface area contributed by atoms with Crippen molar-refractivity contribution < 1.29 is 4.79 Å². The van der Waals surface area contributed by atoms with E-state index in [9.17, 15) is 4.79 Å². The minimum Gasteiger partial charge on any atom is -0.300 e. The van der Waals surface area contributed by atoms with Crippen molar-refractivity contribution in [3.8, 4) is 0 Å². The molecule has 1 aliphatic heterocycles. The number of aliphatic imine (C=N–C) groups is 1. The maximum absolute atomic E-state index is 11.9. The topological polar surface area (TPSA) is 41.5 Å². The lowest BCUT2D eigenvalue weighted by molar-refractivity contribution is -0.115. The van der Waals surface area contributed by atoms with Gasteiger partial charge >= 0.3 is 0 Å². The molecule has 0 bridgehead atoms. The van der Waals surface area contributed by atoms with Crippen LogP contribution in [0.25, 0.3) is 6.08 Å². The van der Waals surface area contributed by atoms with Gasteiger partial charge in [0.15, 0.2) is 5.17 Å². The molecule has 2 heterocycles. The van der Waals surface area contributed by atoms with Crippen LogP contribution in [0.2, 0.25) is 10.0 Å². The van der Waals surface area contributed by atoms with E-state index in [1.54, 1.807) is 29.5 Å². The predicted octanol–water partition coefficient (Wildman–Crippen LogP) is 4.95. The van der Waals surface area contributed by atoms with Crippen LogP contribution in [-0.4, -0.2) is 11.1 Å². The number of hydrogen-bond acceptors (Lipinski definition) is 4. The molecule has 1 aromatic carbocycles. The van der Waals surface area contributed by atoms with Gasteiger partial charge in [-0.1, -0.05) is 29.3 Å². The van der Waals surface area contributed by atoms with E-state index in [1.807, 2.05) is 22.9 Å². The molecule has 1 N–H and O–H groups in total. The maximum atomic E-state index is 11.9. The standard InChI is InChI=1S/C14H8Cl2N2OS2/c15-9-2-1-3-10(12(9)16)17-14-18-13(19)11(21-14)6-8-4-5-20-7-8/h1-7H,(H,17,18,19)/b11-6+. The van der Waals surface area contributed by atoms with Gasteiger partial charge in [-0.15, -0.1) is 0 Å². The smallest absolute Gasteiger partial charge is 0.264 e. The number of thiophene rings is 1. The maximum Gasteiger partial charge on any atom is 0.264 e. The molecule has 3 rings (SSSR count). The summed E-state index contributed by atoms with van der Waals surface area (Å²) >= 11 is 14.9. The van der Waals surface area contributed by atoms with Gasteiger partial charge in [0.2, 0.25) is 0 Å². The molecule has 1 aromatic heterocycles. The Morgan fingerprint density at radius 3 is 2.86 bits per heavy atom. The minimum absolute atomic E-state index is 0.164. The molecule has 1 aliphatic rings. The number of nitrogens with one attached hydrogen (secondary N) is 1. The number of rotatable bonds is 2. The van der Waals surface area contributed by atoms with E-state index in [2.05, 4.69) is 10.3 Å². The average Bonchev–Trinajstić information content (AvgIpc) is 3.07. The molecule has 2 aromatic rings. The molecule has 0 radical (unpaired) electrons. The van der Waals surface area contributed by atoms with Gasteiger partial charge in [-0.25, -0.2) is 4.99 Å². The summed E-state index contributed by atoms with van der Waals surface area (Å²) in [4.78, 5) is 16.9. The van der Waals surface area contributed by atoms with Gasteiger partial charge in [0.1, 0.15) is 0 Å². The predicted molar refractivity (Wildman–Crippen MR) is 91.6 cm³/mol. The molecular weight excluding hydrogens is 347 g/mol. The Labute approximate surface area is 139 Å². The number of carbonyl (C=O) groups is 1. The zero-order valence-corrected chi connectivity index (χ0v) is 13.6.